The van der Waals surface area contributed by atoms with Crippen LogP contribution < -0.4 is 0 Å². The second kappa shape index (κ2) is 5.40. The van der Waals surface area contributed by atoms with Crippen LogP contribution in [0.4, 0.5) is 0 Å². The van der Waals surface area contributed by atoms with Crippen molar-refractivity contribution >= 4 is 24.3 Å². The topological polar surface area (TPSA) is 20.3 Å². The van der Waals surface area contributed by atoms with Gasteiger partial charge in [-0.1, -0.05) is 0 Å². The van der Waals surface area contributed by atoms with Gasteiger partial charge < -0.3 is 0 Å². The van der Waals surface area contributed by atoms with Crippen LogP contribution >= 0.6 is 12.4 Å². The monoisotopic (exact) mass is 129 g/mol. The Hall–Kier alpha value is 0.400. The molecule has 2 nitrogen and oxygen atoms in total. The van der Waals surface area contributed by atoms with Gasteiger partial charge in [0.15, 0.2) is 0 Å². The first kappa shape index (κ1) is 9.64. The molecule has 0 bridgehead atoms. The molecular weight excluding hydrogens is 122 g/mol. The van der Waals surface area contributed by atoms with Gasteiger partial charge >= 0.3 is 0 Å². The molecule has 0 aromatic carbocycles. The summed E-state index contributed by atoms with van der Waals surface area (Å²) in [6.07, 6.45) is 0. The Morgan fingerprint density at radius 3 is 1.67 bits per heavy atom. The molecule has 4 heteroatoms. The molecule has 6 heavy (non-hydrogen) atoms. The third-order valence-electron chi connectivity index (χ3n) is 0.163. The molecule has 0 unspecified atom stereocenters. The van der Waals surface area contributed by atoms with Crippen molar-refractivity contribution in [1.82, 2.24) is 4.31 Å². The van der Waals surface area contributed by atoms with Gasteiger partial charge in [0.2, 0.25) is 0 Å². The normalized spacial score (nSPS) is 7.83. The molecule has 0 aromatic rings. The largest absolute Gasteiger partial charge is 0.246 e. The quantitative estimate of drug-likeness (QED) is 0.488. The van der Waals surface area contributed by atoms with Crippen LogP contribution in [0.1, 0.15) is 0 Å². The first-order valence-corrected chi connectivity index (χ1v) is 2.04. The van der Waals surface area contributed by atoms with E-state index in [4.69, 9.17) is 0 Å². The van der Waals surface area contributed by atoms with E-state index in [1.165, 1.54) is 0 Å². The Kier molecular flexibility index (Phi) is 8.68. The molecule has 0 N–H and O–H groups in total. The zero-order valence-electron chi connectivity index (χ0n) is 3.71. The molecule has 0 fully saturated rings. The van der Waals surface area contributed by atoms with E-state index in [0.717, 1.165) is 0 Å². The minimum absolute atomic E-state index is 0. The van der Waals surface area contributed by atoms with Gasteiger partial charge in [0.1, 0.15) is 0 Å². The van der Waals surface area contributed by atoms with E-state index in [2.05, 4.69) is 0 Å². The lowest BCUT2D eigenvalue weighted by atomic mass is 11.3. The van der Waals surface area contributed by atoms with Crippen LogP contribution in [0, 0.1) is 0 Å². The number of rotatable bonds is 1. The number of hydrogen-bond acceptors (Lipinski definition) is 1. The molecule has 0 aliphatic carbocycles. The minimum Gasteiger partial charge on any atom is -0.246 e. The maximum atomic E-state index is 9.53. The Bertz CT molecular complexity index is 40.5. The second-order valence-electron chi connectivity index (χ2n) is 0.929. The maximum Gasteiger partial charge on any atom is 0.0803 e. The van der Waals surface area contributed by atoms with E-state index in [1.807, 2.05) is 0 Å². The van der Waals surface area contributed by atoms with Gasteiger partial charge in [0.25, 0.3) is 0 Å². The summed E-state index contributed by atoms with van der Waals surface area (Å²) >= 11 is 0.0802. The van der Waals surface area contributed by atoms with E-state index in [-0.39, 0.29) is 24.3 Å². The van der Waals surface area contributed by atoms with Crippen molar-refractivity contribution in [2.45, 2.75) is 0 Å². The number of thiol groups is 1. The highest BCUT2D eigenvalue weighted by molar-refractivity contribution is 7.62. The number of halogens is 1. The van der Waals surface area contributed by atoms with Crippen molar-refractivity contribution in [3.05, 3.63) is 0 Å². The maximum absolute atomic E-state index is 9.53. The van der Waals surface area contributed by atoms with Crippen LogP contribution in [0.15, 0.2) is 0 Å². The van der Waals surface area contributed by atoms with Crippen LogP contribution in [0.3, 0.4) is 0 Å². The first-order chi connectivity index (χ1) is 2.27. The smallest absolute Gasteiger partial charge is 0.0803 e. The third-order valence-corrected chi connectivity index (χ3v) is 0.490. The Balaban J connectivity index is 0. The third kappa shape index (κ3) is 8.83. The summed E-state index contributed by atoms with van der Waals surface area (Å²) in [5.41, 5.74) is 0. The SMILES string of the molecule is CN(C)[SH]=O.Cl. The molecule has 40 valence electrons. The van der Waals surface area contributed by atoms with Crippen molar-refractivity contribution in [2.24, 2.45) is 0 Å². The predicted molar refractivity (Wildman–Crippen MR) is 30.5 cm³/mol. The van der Waals surface area contributed by atoms with Gasteiger partial charge in [0.05, 0.1) is 11.9 Å². The summed E-state index contributed by atoms with van der Waals surface area (Å²) in [7, 11) is 3.46. The van der Waals surface area contributed by atoms with E-state index in [9.17, 15) is 4.21 Å². The van der Waals surface area contributed by atoms with Crippen LogP contribution in [0.2, 0.25) is 0 Å². The van der Waals surface area contributed by atoms with Crippen LogP contribution in [-0.2, 0) is 11.9 Å². The molecule has 0 radical (unpaired) electrons. The van der Waals surface area contributed by atoms with E-state index >= 15 is 0 Å². The molecular formula is C2H8ClNOS. The highest BCUT2D eigenvalue weighted by Gasteiger charge is 1.69. The Morgan fingerprint density at radius 1 is 1.50 bits per heavy atom. The van der Waals surface area contributed by atoms with Crippen LogP contribution in [0.25, 0.3) is 0 Å². The van der Waals surface area contributed by atoms with Crippen LogP contribution in [-0.4, -0.2) is 22.6 Å². The van der Waals surface area contributed by atoms with E-state index in [0.29, 0.717) is 0 Å². The molecule has 0 amide bonds. The molecule has 0 spiro atoms. The van der Waals surface area contributed by atoms with E-state index in [1.54, 1.807) is 18.4 Å². The molecule has 0 atom stereocenters. The summed E-state index contributed by atoms with van der Waals surface area (Å²) in [5.74, 6) is 0. The average Bonchev–Trinajstić information content (AvgIpc) is 1.38. The summed E-state index contributed by atoms with van der Waals surface area (Å²) in [6.45, 7) is 0. The highest BCUT2D eigenvalue weighted by atomic mass is 35.5. The summed E-state index contributed by atoms with van der Waals surface area (Å²) in [5, 5.41) is 0. The zero-order valence-corrected chi connectivity index (χ0v) is 5.42. The van der Waals surface area contributed by atoms with Gasteiger partial charge in [0, 0.05) is 0 Å². The fraction of sp³-hybridized carbons (Fsp3) is 1.00. The minimum atomic E-state index is 0. The molecule has 0 aliphatic rings. The number of hydrogen-bond donors (Lipinski definition) is 1. The van der Waals surface area contributed by atoms with Crippen molar-refractivity contribution < 1.29 is 4.21 Å². The summed E-state index contributed by atoms with van der Waals surface area (Å²) < 4.78 is 11.1. The second-order valence-corrected chi connectivity index (χ2v) is 1.89. The summed E-state index contributed by atoms with van der Waals surface area (Å²) in [4.78, 5) is 0. The van der Waals surface area contributed by atoms with Crippen molar-refractivity contribution in [2.75, 3.05) is 14.1 Å². The lowest BCUT2D eigenvalue weighted by Crippen LogP contribution is -2.01. The summed E-state index contributed by atoms with van der Waals surface area (Å²) in [6, 6.07) is 0. The molecule has 0 saturated heterocycles. The van der Waals surface area contributed by atoms with Crippen molar-refractivity contribution in [3.8, 4) is 0 Å². The molecule has 0 aromatic heterocycles. The van der Waals surface area contributed by atoms with Gasteiger partial charge in [-0.15, -0.1) is 12.4 Å². The van der Waals surface area contributed by atoms with Gasteiger partial charge in [-0.2, -0.15) is 0 Å². The van der Waals surface area contributed by atoms with E-state index < -0.39 is 0 Å². The van der Waals surface area contributed by atoms with Crippen molar-refractivity contribution in [1.29, 1.82) is 0 Å². The zero-order chi connectivity index (χ0) is 4.28. The lowest BCUT2D eigenvalue weighted by molar-refractivity contribution is 0.621. The Morgan fingerprint density at radius 2 is 1.67 bits per heavy atom. The Labute approximate surface area is 47.6 Å². The highest BCUT2D eigenvalue weighted by Crippen LogP contribution is 1.57. The number of nitrogens with zero attached hydrogens (tertiary/aromatic N) is 1. The molecule has 0 rings (SSSR count). The van der Waals surface area contributed by atoms with Gasteiger partial charge in [-0.25, -0.2) is 8.51 Å². The fourth-order valence-corrected chi connectivity index (χ4v) is 0. The lowest BCUT2D eigenvalue weighted by Gasteiger charge is -1.89. The average molecular weight is 130 g/mol. The van der Waals surface area contributed by atoms with Gasteiger partial charge in [-0.3, -0.25) is 0 Å². The standard InChI is InChI=1S/C2H7NOS.ClH/c1-3(2)5-4;/h5H,1-2H3;1H. The van der Waals surface area contributed by atoms with Gasteiger partial charge in [-0.05, 0) is 14.1 Å². The van der Waals surface area contributed by atoms with Crippen molar-refractivity contribution in [3.63, 3.8) is 0 Å². The molecule has 0 heterocycles. The molecule has 0 saturated carbocycles. The predicted octanol–water partition coefficient (Wildman–Crippen LogP) is -0.170. The molecule has 0 aliphatic heterocycles. The fourth-order valence-electron chi connectivity index (χ4n) is 0. The first-order valence-electron chi connectivity index (χ1n) is 1.28. The van der Waals surface area contributed by atoms with Crippen LogP contribution in [0.5, 0.6) is 0 Å².